The van der Waals surface area contributed by atoms with Gasteiger partial charge in [-0.25, -0.2) is 14.6 Å². The lowest BCUT2D eigenvalue weighted by molar-refractivity contribution is 0.291. The largest absolute Gasteiger partial charge is 0.479 e. The maximum Gasteiger partial charge on any atom is 0.257 e. The molecule has 0 spiro atoms. The number of ether oxygens (including phenoxy) is 2. The van der Waals surface area contributed by atoms with E-state index in [9.17, 15) is 0 Å². The van der Waals surface area contributed by atoms with Gasteiger partial charge in [0.05, 0.1) is 36.0 Å². The Labute approximate surface area is 176 Å². The molecule has 0 atom stereocenters. The van der Waals surface area contributed by atoms with Gasteiger partial charge in [-0.1, -0.05) is 11.6 Å². The first-order valence-electron chi connectivity index (χ1n) is 9.44. The highest BCUT2D eigenvalue weighted by Crippen LogP contribution is 2.34. The van der Waals surface area contributed by atoms with Gasteiger partial charge < -0.3 is 19.4 Å². The van der Waals surface area contributed by atoms with Gasteiger partial charge in [-0.15, -0.1) is 5.10 Å². The number of halogens is 1. The molecule has 0 amide bonds. The Morgan fingerprint density at radius 3 is 2.90 bits per heavy atom. The molecular weight excluding hydrogens is 408 g/mol. The van der Waals surface area contributed by atoms with Gasteiger partial charge in [0.1, 0.15) is 22.8 Å². The highest BCUT2D eigenvalue weighted by Gasteiger charge is 2.22. The molecule has 0 radical (unpaired) electrons. The van der Waals surface area contributed by atoms with Crippen LogP contribution in [0.5, 0.6) is 11.8 Å². The first-order chi connectivity index (χ1) is 14.5. The molecule has 11 heteroatoms. The predicted octanol–water partition coefficient (Wildman–Crippen LogP) is 3.21. The Bertz CT molecular complexity index is 1270. The fourth-order valence-corrected chi connectivity index (χ4v) is 3.72. The van der Waals surface area contributed by atoms with E-state index in [4.69, 9.17) is 21.1 Å². The number of aromatic nitrogens is 7. The summed E-state index contributed by atoms with van der Waals surface area (Å²) in [5, 5.41) is 9.33. The minimum atomic E-state index is 0.428. The molecule has 0 saturated carbocycles. The van der Waals surface area contributed by atoms with Gasteiger partial charge in [-0.05, 0) is 20.3 Å². The van der Waals surface area contributed by atoms with Gasteiger partial charge in [-0.3, -0.25) is 0 Å². The monoisotopic (exact) mass is 426 g/mol. The minimum absolute atomic E-state index is 0.428. The van der Waals surface area contributed by atoms with E-state index in [1.807, 2.05) is 17.7 Å². The van der Waals surface area contributed by atoms with Crippen LogP contribution < -0.4 is 14.8 Å². The van der Waals surface area contributed by atoms with Gasteiger partial charge in [0.2, 0.25) is 11.8 Å². The van der Waals surface area contributed by atoms with Gasteiger partial charge in [0, 0.05) is 18.9 Å². The Balaban J connectivity index is 1.64. The van der Waals surface area contributed by atoms with Gasteiger partial charge in [-0.2, -0.15) is 9.97 Å². The molecule has 0 aromatic carbocycles. The molecule has 4 aromatic rings. The average Bonchev–Trinajstić information content (AvgIpc) is 3.21. The van der Waals surface area contributed by atoms with Crippen LogP contribution in [0.2, 0.25) is 5.02 Å². The maximum atomic E-state index is 6.33. The molecule has 1 N–H and O–H groups in total. The molecule has 0 saturated heterocycles. The molecule has 0 unspecified atom stereocenters. The number of nitrogens with one attached hydrogen (secondary N) is 1. The van der Waals surface area contributed by atoms with E-state index in [2.05, 4.69) is 30.4 Å². The third kappa shape index (κ3) is 3.00. The van der Waals surface area contributed by atoms with Crippen molar-refractivity contribution in [3.63, 3.8) is 0 Å². The third-order valence-electron chi connectivity index (χ3n) is 4.95. The molecule has 5 heterocycles. The van der Waals surface area contributed by atoms with E-state index in [0.717, 1.165) is 23.1 Å². The molecule has 30 heavy (non-hydrogen) atoms. The summed E-state index contributed by atoms with van der Waals surface area (Å²) < 4.78 is 15.1. The standard InChI is InChI=1S/C19H19ClN8O2/c1-10-15-18(26-28(10)14-8-21-11(2)23-17(14)29-3)30-6-4-5-27-9-13(20)12-7-22-19(24-15)25-16(12)27/h7-9H,4-6H2,1-3H3,(H,22,24,25). The van der Waals surface area contributed by atoms with Crippen LogP contribution in [-0.4, -0.2) is 48.0 Å². The zero-order valence-corrected chi connectivity index (χ0v) is 17.4. The van der Waals surface area contributed by atoms with Gasteiger partial charge in [0.15, 0.2) is 0 Å². The maximum absolute atomic E-state index is 6.33. The molecule has 0 aliphatic carbocycles. The molecule has 5 rings (SSSR count). The first kappa shape index (κ1) is 18.6. The Morgan fingerprint density at radius 1 is 1.20 bits per heavy atom. The second-order valence-electron chi connectivity index (χ2n) is 6.92. The van der Waals surface area contributed by atoms with Crippen molar-refractivity contribution in [3.8, 4) is 17.4 Å². The van der Waals surface area contributed by atoms with Crippen LogP contribution in [0.25, 0.3) is 16.7 Å². The van der Waals surface area contributed by atoms with E-state index < -0.39 is 0 Å². The van der Waals surface area contributed by atoms with Crippen molar-refractivity contribution in [2.45, 2.75) is 26.8 Å². The molecule has 0 fully saturated rings. The molecule has 2 bridgehead atoms. The second-order valence-corrected chi connectivity index (χ2v) is 7.32. The average molecular weight is 427 g/mol. The third-order valence-corrected chi connectivity index (χ3v) is 5.25. The van der Waals surface area contributed by atoms with Gasteiger partial charge >= 0.3 is 0 Å². The highest BCUT2D eigenvalue weighted by molar-refractivity contribution is 6.35. The summed E-state index contributed by atoms with van der Waals surface area (Å²) in [6.07, 6.45) is 6.03. The topological polar surface area (TPSA) is 105 Å². The molecular formula is C19H19ClN8O2. The molecule has 1 aliphatic heterocycles. The summed E-state index contributed by atoms with van der Waals surface area (Å²) in [6.45, 7) is 4.92. The summed E-state index contributed by atoms with van der Waals surface area (Å²) in [5.41, 5.74) is 2.84. The smallest absolute Gasteiger partial charge is 0.257 e. The highest BCUT2D eigenvalue weighted by atomic mass is 35.5. The van der Waals surface area contributed by atoms with Crippen molar-refractivity contribution in [3.05, 3.63) is 35.1 Å². The SMILES string of the molecule is COc1nc(C)ncc1-n1nc2c(c1C)Nc1ncc3c(Cl)cn(c3n1)CCCO2. The van der Waals surface area contributed by atoms with Gasteiger partial charge in [0.25, 0.3) is 5.88 Å². The van der Waals surface area contributed by atoms with Crippen LogP contribution in [0, 0.1) is 13.8 Å². The summed E-state index contributed by atoms with van der Waals surface area (Å²) in [4.78, 5) is 17.7. The van der Waals surface area contributed by atoms with Crippen molar-refractivity contribution >= 4 is 34.3 Å². The minimum Gasteiger partial charge on any atom is -0.479 e. The van der Waals surface area contributed by atoms with Crippen molar-refractivity contribution in [1.82, 2.24) is 34.3 Å². The molecule has 10 nitrogen and oxygen atoms in total. The summed E-state index contributed by atoms with van der Waals surface area (Å²) in [7, 11) is 1.57. The Hall–Kier alpha value is -3.40. The second kappa shape index (κ2) is 7.13. The number of fused-ring (bicyclic) bond motifs is 2. The fraction of sp³-hybridized carbons (Fsp3) is 0.316. The van der Waals surface area contributed by atoms with Crippen LogP contribution >= 0.6 is 11.6 Å². The quantitative estimate of drug-likeness (QED) is 0.521. The molecule has 154 valence electrons. The normalized spacial score (nSPS) is 13.5. The fourth-order valence-electron chi connectivity index (χ4n) is 3.47. The van der Waals surface area contributed by atoms with E-state index in [-0.39, 0.29) is 0 Å². The molecule has 1 aliphatic rings. The number of hydrogen-bond donors (Lipinski definition) is 1. The van der Waals surface area contributed by atoms with E-state index in [0.29, 0.717) is 53.1 Å². The lowest BCUT2D eigenvalue weighted by Crippen LogP contribution is -2.07. The molecule has 4 aromatic heterocycles. The number of nitrogens with zero attached hydrogens (tertiary/aromatic N) is 7. The van der Waals surface area contributed by atoms with Crippen molar-refractivity contribution < 1.29 is 9.47 Å². The first-order valence-corrected chi connectivity index (χ1v) is 9.82. The number of anilines is 2. The zero-order chi connectivity index (χ0) is 20.8. The van der Waals surface area contributed by atoms with Crippen LogP contribution in [0.3, 0.4) is 0 Å². The van der Waals surface area contributed by atoms with Crippen LogP contribution in [0.4, 0.5) is 11.6 Å². The summed E-state index contributed by atoms with van der Waals surface area (Å²) in [5.74, 6) is 1.92. The van der Waals surface area contributed by atoms with E-state index in [1.54, 1.807) is 31.1 Å². The number of aryl methyl sites for hydroxylation is 2. The summed E-state index contributed by atoms with van der Waals surface area (Å²) in [6, 6.07) is 0. The van der Waals surface area contributed by atoms with Crippen molar-refractivity contribution in [2.75, 3.05) is 19.0 Å². The Morgan fingerprint density at radius 2 is 2.07 bits per heavy atom. The van der Waals surface area contributed by atoms with Crippen molar-refractivity contribution in [2.24, 2.45) is 0 Å². The van der Waals surface area contributed by atoms with E-state index >= 15 is 0 Å². The van der Waals surface area contributed by atoms with Crippen LogP contribution in [0.15, 0.2) is 18.6 Å². The number of rotatable bonds is 2. The predicted molar refractivity (Wildman–Crippen MR) is 111 cm³/mol. The van der Waals surface area contributed by atoms with Crippen LogP contribution in [-0.2, 0) is 6.54 Å². The van der Waals surface area contributed by atoms with Crippen LogP contribution in [0.1, 0.15) is 17.9 Å². The van der Waals surface area contributed by atoms with E-state index in [1.165, 1.54) is 0 Å². The lowest BCUT2D eigenvalue weighted by atomic mass is 10.3. The number of hydrogen-bond acceptors (Lipinski definition) is 8. The zero-order valence-electron chi connectivity index (χ0n) is 16.7. The van der Waals surface area contributed by atoms with Crippen molar-refractivity contribution in [1.29, 1.82) is 0 Å². The lowest BCUT2D eigenvalue weighted by Gasteiger charge is -2.09. The summed E-state index contributed by atoms with van der Waals surface area (Å²) >= 11 is 6.33. The number of methoxy groups -OCH3 is 1. The Kier molecular flexibility index (Phi) is 4.43.